The van der Waals surface area contributed by atoms with Crippen LogP contribution in [-0.4, -0.2) is 94.3 Å². The Bertz CT molecular complexity index is 2710. The van der Waals surface area contributed by atoms with Crippen LogP contribution in [0.15, 0.2) is 79.0 Å². The molecule has 4 amide bonds. The van der Waals surface area contributed by atoms with Crippen molar-refractivity contribution < 1.29 is 38.1 Å². The molecule has 3 aliphatic heterocycles. The van der Waals surface area contributed by atoms with Crippen LogP contribution in [0.2, 0.25) is 0 Å². The number of benzene rings is 4. The van der Waals surface area contributed by atoms with Gasteiger partial charge in [0.2, 0.25) is 5.91 Å². The molecule has 16 heteroatoms. The van der Waals surface area contributed by atoms with E-state index in [1.54, 1.807) is 12.0 Å². The number of alkyl carbamates (subject to hydrolysis) is 1. The lowest BCUT2D eigenvalue weighted by atomic mass is 9.92. The van der Waals surface area contributed by atoms with E-state index >= 15 is 0 Å². The molecular formula is C49H56N8O8. The monoisotopic (exact) mass is 884 g/mol. The van der Waals surface area contributed by atoms with Crippen LogP contribution in [0.1, 0.15) is 87.4 Å². The molecule has 3 aliphatic rings. The number of aromatic nitrogens is 4. The minimum Gasteiger partial charge on any atom is -0.488 e. The maximum Gasteiger partial charge on any atom is 0.407 e. The van der Waals surface area contributed by atoms with E-state index < -0.39 is 18.2 Å². The summed E-state index contributed by atoms with van der Waals surface area (Å²) < 4.78 is 20.7. The van der Waals surface area contributed by atoms with Crippen molar-refractivity contribution in [2.24, 2.45) is 17.6 Å². The molecule has 6 aromatic rings. The van der Waals surface area contributed by atoms with Crippen molar-refractivity contribution in [1.29, 1.82) is 0 Å². The summed E-state index contributed by atoms with van der Waals surface area (Å²) in [5, 5.41) is 4.81. The molecule has 2 fully saturated rings. The molecular weight excluding hydrogens is 829 g/mol. The number of likely N-dealkylation sites (tertiary alicyclic amines) is 2. The van der Waals surface area contributed by atoms with Gasteiger partial charge in [-0.2, -0.15) is 0 Å². The van der Waals surface area contributed by atoms with Gasteiger partial charge in [0, 0.05) is 43.0 Å². The highest BCUT2D eigenvalue weighted by atomic mass is 16.5. The van der Waals surface area contributed by atoms with Gasteiger partial charge in [0.15, 0.2) is 0 Å². The van der Waals surface area contributed by atoms with E-state index in [0.717, 1.165) is 74.2 Å². The average Bonchev–Trinajstić information content (AvgIpc) is 4.13. The number of fused-ring (bicyclic) bond motifs is 6. The van der Waals surface area contributed by atoms with Gasteiger partial charge in [-0.15, -0.1) is 0 Å². The van der Waals surface area contributed by atoms with Gasteiger partial charge in [0.1, 0.15) is 30.0 Å². The zero-order valence-electron chi connectivity index (χ0n) is 37.6. The molecule has 9 rings (SSSR count). The Morgan fingerprint density at radius 2 is 1.71 bits per heavy atom. The van der Waals surface area contributed by atoms with Crippen molar-refractivity contribution in [3.63, 3.8) is 0 Å². The Kier molecular flexibility index (Phi) is 13.1. The van der Waals surface area contributed by atoms with Crippen LogP contribution in [0, 0.1) is 11.8 Å². The summed E-state index contributed by atoms with van der Waals surface area (Å²) in [4.78, 5) is 70.2. The number of carbonyl (C=O) groups is 4. The van der Waals surface area contributed by atoms with Crippen molar-refractivity contribution in [2.75, 3.05) is 34.5 Å². The average molecular weight is 885 g/mol. The number of methoxy groups -OCH3 is 3. The topological polar surface area (TPSA) is 207 Å². The van der Waals surface area contributed by atoms with E-state index in [2.05, 4.69) is 89.0 Å². The predicted molar refractivity (Wildman–Crippen MR) is 244 cm³/mol. The molecule has 4 aromatic carbocycles. The summed E-state index contributed by atoms with van der Waals surface area (Å²) >= 11 is 0. The van der Waals surface area contributed by atoms with Crippen LogP contribution >= 0.6 is 0 Å². The lowest BCUT2D eigenvalue weighted by molar-refractivity contribution is -0.135. The summed E-state index contributed by atoms with van der Waals surface area (Å²) in [6, 6.07) is 22.8. The fraction of sp³-hybridized carbons (Fsp3) is 0.388. The molecule has 2 aromatic heterocycles. The van der Waals surface area contributed by atoms with Crippen LogP contribution in [0.5, 0.6) is 5.75 Å². The summed E-state index contributed by atoms with van der Waals surface area (Å²) in [5.74, 6) is 2.63. The summed E-state index contributed by atoms with van der Waals surface area (Å²) in [6.07, 6.45) is 3.41. The highest BCUT2D eigenvalue weighted by Crippen LogP contribution is 2.44. The fourth-order valence-electron chi connectivity index (χ4n) is 9.47. The molecule has 0 radical (unpaired) electrons. The van der Waals surface area contributed by atoms with Gasteiger partial charge in [0.05, 0.1) is 55.8 Å². The lowest BCUT2D eigenvalue weighted by Crippen LogP contribution is -2.43. The number of amides is 4. The second kappa shape index (κ2) is 19.0. The van der Waals surface area contributed by atoms with Crippen LogP contribution in [0.3, 0.4) is 0 Å². The highest BCUT2D eigenvalue weighted by molar-refractivity contribution is 6.07. The molecule has 5 N–H and O–H groups in total. The maximum absolute atomic E-state index is 14.3. The molecule has 5 atom stereocenters. The van der Waals surface area contributed by atoms with Crippen LogP contribution in [0.25, 0.3) is 44.2 Å². The molecule has 0 bridgehead atoms. The number of hydrogen-bond donors (Lipinski definition) is 4. The zero-order valence-corrected chi connectivity index (χ0v) is 37.6. The van der Waals surface area contributed by atoms with E-state index in [1.165, 1.54) is 14.2 Å². The number of hydrogen-bond acceptors (Lipinski definition) is 10. The number of imidazole rings is 2. The molecule has 16 nitrogen and oxygen atoms in total. The van der Waals surface area contributed by atoms with Crippen LogP contribution in [-0.2, 0) is 30.4 Å². The van der Waals surface area contributed by atoms with Gasteiger partial charge in [-0.05, 0) is 84.0 Å². The summed E-state index contributed by atoms with van der Waals surface area (Å²) in [6.45, 7) is 7.65. The first-order chi connectivity index (χ1) is 31.4. The molecule has 2 saturated heterocycles. The first kappa shape index (κ1) is 44.7. The number of nitrogens with two attached hydrogens (primary N) is 1. The highest BCUT2D eigenvalue weighted by Gasteiger charge is 2.41. The molecule has 3 unspecified atom stereocenters. The van der Waals surface area contributed by atoms with E-state index in [9.17, 15) is 19.2 Å². The predicted octanol–water partition coefficient (Wildman–Crippen LogP) is 8.11. The first-order valence-corrected chi connectivity index (χ1v) is 22.0. The molecule has 340 valence electrons. The molecule has 0 saturated carbocycles. The Morgan fingerprint density at radius 1 is 0.923 bits per heavy atom. The summed E-state index contributed by atoms with van der Waals surface area (Å²) in [7, 11) is 4.17. The summed E-state index contributed by atoms with van der Waals surface area (Å²) in [5.41, 5.74) is 11.9. The Balaban J connectivity index is 0.00000109. The zero-order chi connectivity index (χ0) is 45.9. The number of rotatable bonds is 10. The standard InChI is InChI=1S/C47H51N7O6.C2H5NO2/c1-26(2)17-41(55)54-27(3)11-16-38(54)45-49-36-15-13-30-20-35-33-14-12-31(19-32(33)25-60-40(35)21-34(30)43(36)51-45)37-22-48-44(50-37)39-18-28(24-58-4)23-53(39)46(56)42(52-47(57)59-5)29-9-7-6-8-10-29;1-5-2(3)4/h6-10,12-15,19-22,26-28,38-39,42H,11,16-18,23-25H2,1-5H3,(H,48,50)(H,49,51)(H,52,57);1H3,(H2,3,4)/t27-,28-,38?,39?,42?;/m0./s1. The SMILES string of the molecule is COC(N)=O.COC[C@H]1CC(c2ncc(-c3ccc4c(c3)COc3cc5c(ccc6[nH]c(C7CC[C@H](C)N7C(=O)CC(C)C)nc65)cc3-4)[nH]2)N(C(=O)C(NC(=O)OC)c2ccccc2)C1. The van der Waals surface area contributed by atoms with Gasteiger partial charge >= 0.3 is 12.2 Å². The van der Waals surface area contributed by atoms with E-state index in [4.69, 9.17) is 24.2 Å². The van der Waals surface area contributed by atoms with Crippen LogP contribution in [0.4, 0.5) is 9.59 Å². The molecule has 65 heavy (non-hydrogen) atoms. The molecule has 0 aliphatic carbocycles. The second-order valence-electron chi connectivity index (χ2n) is 17.4. The van der Waals surface area contributed by atoms with Crippen molar-refractivity contribution >= 4 is 45.8 Å². The second-order valence-corrected chi connectivity index (χ2v) is 17.4. The van der Waals surface area contributed by atoms with Gasteiger partial charge < -0.3 is 49.8 Å². The number of nitrogens with one attached hydrogen (secondary N) is 3. The van der Waals surface area contributed by atoms with Crippen molar-refractivity contribution in [3.05, 3.63) is 102 Å². The van der Waals surface area contributed by atoms with E-state index in [0.29, 0.717) is 49.9 Å². The third-order valence-electron chi connectivity index (χ3n) is 12.5. The Labute approximate surface area is 377 Å². The molecule has 5 heterocycles. The number of nitrogens with zero attached hydrogens (tertiary/aromatic N) is 4. The number of ether oxygens (including phenoxy) is 4. The maximum atomic E-state index is 14.3. The smallest absolute Gasteiger partial charge is 0.407 e. The normalized spacial score (nSPS) is 19.2. The van der Waals surface area contributed by atoms with Crippen molar-refractivity contribution in [2.45, 2.75) is 77.2 Å². The number of primary amides is 1. The van der Waals surface area contributed by atoms with E-state index in [-0.39, 0.29) is 35.9 Å². The minimum atomic E-state index is -0.932. The third-order valence-corrected chi connectivity index (χ3v) is 12.5. The number of aromatic amines is 2. The third kappa shape index (κ3) is 9.21. The quantitative estimate of drug-likeness (QED) is 0.104. The van der Waals surface area contributed by atoms with Crippen LogP contribution < -0.4 is 15.8 Å². The van der Waals surface area contributed by atoms with Gasteiger partial charge in [0.25, 0.3) is 5.91 Å². The number of carbonyl (C=O) groups excluding carboxylic acids is 4. The lowest BCUT2D eigenvalue weighted by Gasteiger charge is -2.28. The Morgan fingerprint density at radius 3 is 2.43 bits per heavy atom. The van der Waals surface area contributed by atoms with E-state index in [1.807, 2.05) is 41.4 Å². The van der Waals surface area contributed by atoms with Gasteiger partial charge in [-0.3, -0.25) is 9.59 Å². The van der Waals surface area contributed by atoms with Crippen molar-refractivity contribution in [1.82, 2.24) is 35.1 Å². The van der Waals surface area contributed by atoms with Crippen molar-refractivity contribution in [3.8, 4) is 28.1 Å². The first-order valence-electron chi connectivity index (χ1n) is 22.0. The largest absolute Gasteiger partial charge is 0.488 e. The van der Waals surface area contributed by atoms with Gasteiger partial charge in [-0.25, -0.2) is 19.6 Å². The fourth-order valence-corrected chi connectivity index (χ4v) is 9.47. The minimum absolute atomic E-state index is 0.0656. The Hall–Kier alpha value is -6.94. The van der Waals surface area contributed by atoms with Gasteiger partial charge in [-0.1, -0.05) is 62.4 Å². The molecule has 0 spiro atoms. The number of H-pyrrole nitrogens is 2.